The Hall–Kier alpha value is -1.74. The normalized spacial score (nSPS) is 11.2. The Balaban J connectivity index is 2.18. The van der Waals surface area contributed by atoms with Crippen LogP contribution in [-0.4, -0.2) is 9.97 Å². The number of aryl methyl sites for hydroxylation is 1. The van der Waals surface area contributed by atoms with Crippen LogP contribution in [0.5, 0.6) is 0 Å². The summed E-state index contributed by atoms with van der Waals surface area (Å²) < 4.78 is 5.40. The standard InChI is InChI=1S/C13H11ClN2O/c1-2-12-9(5-6-17-12)13-15-10-4-3-8(14)7-11(10)16-13/h3-7H,2H2,1H3,(H,15,16). The first-order valence-corrected chi connectivity index (χ1v) is 5.87. The van der Waals surface area contributed by atoms with Crippen molar-refractivity contribution in [2.45, 2.75) is 13.3 Å². The number of H-pyrrole nitrogens is 1. The molecule has 2 aromatic heterocycles. The molecule has 1 N–H and O–H groups in total. The van der Waals surface area contributed by atoms with Crippen LogP contribution in [0.1, 0.15) is 12.7 Å². The van der Waals surface area contributed by atoms with E-state index in [2.05, 4.69) is 16.9 Å². The lowest BCUT2D eigenvalue weighted by Gasteiger charge is -1.94. The molecule has 0 aliphatic carbocycles. The number of nitrogens with one attached hydrogen (secondary N) is 1. The highest BCUT2D eigenvalue weighted by Crippen LogP contribution is 2.26. The zero-order valence-corrected chi connectivity index (χ0v) is 10.1. The number of aromatic nitrogens is 2. The van der Waals surface area contributed by atoms with Crippen LogP contribution in [0, 0.1) is 0 Å². The fourth-order valence-electron chi connectivity index (χ4n) is 1.93. The van der Waals surface area contributed by atoms with Crippen molar-refractivity contribution in [1.29, 1.82) is 0 Å². The molecule has 3 aromatic rings. The molecule has 3 rings (SSSR count). The second-order valence-electron chi connectivity index (χ2n) is 3.86. The molecule has 0 aliphatic heterocycles. The number of furan rings is 1. The van der Waals surface area contributed by atoms with Gasteiger partial charge in [-0.25, -0.2) is 4.98 Å². The van der Waals surface area contributed by atoms with Gasteiger partial charge in [-0.2, -0.15) is 0 Å². The second kappa shape index (κ2) is 3.93. The molecule has 0 unspecified atom stereocenters. The average Bonchev–Trinajstić information content (AvgIpc) is 2.93. The van der Waals surface area contributed by atoms with Crippen LogP contribution in [0.25, 0.3) is 22.4 Å². The quantitative estimate of drug-likeness (QED) is 0.742. The molecule has 1 aromatic carbocycles. The summed E-state index contributed by atoms with van der Waals surface area (Å²) in [6.45, 7) is 2.06. The van der Waals surface area contributed by atoms with Crippen molar-refractivity contribution in [3.05, 3.63) is 41.3 Å². The zero-order valence-electron chi connectivity index (χ0n) is 9.33. The van der Waals surface area contributed by atoms with E-state index in [9.17, 15) is 0 Å². The summed E-state index contributed by atoms with van der Waals surface area (Å²) in [5.41, 5.74) is 2.86. The number of hydrogen-bond acceptors (Lipinski definition) is 2. The van der Waals surface area contributed by atoms with Crippen molar-refractivity contribution in [1.82, 2.24) is 9.97 Å². The Kier molecular flexibility index (Phi) is 2.41. The average molecular weight is 247 g/mol. The maximum atomic E-state index is 5.95. The van der Waals surface area contributed by atoms with E-state index >= 15 is 0 Å². The van der Waals surface area contributed by atoms with E-state index in [4.69, 9.17) is 16.0 Å². The maximum absolute atomic E-state index is 5.95. The fraction of sp³-hybridized carbons (Fsp3) is 0.154. The van der Waals surface area contributed by atoms with Crippen LogP contribution in [0.3, 0.4) is 0 Å². The molecule has 0 saturated carbocycles. The van der Waals surface area contributed by atoms with E-state index in [1.807, 2.05) is 24.3 Å². The molecule has 0 aliphatic rings. The van der Waals surface area contributed by atoms with E-state index in [1.165, 1.54) is 0 Å². The van der Waals surface area contributed by atoms with E-state index in [0.29, 0.717) is 5.02 Å². The van der Waals surface area contributed by atoms with E-state index in [-0.39, 0.29) is 0 Å². The van der Waals surface area contributed by atoms with Gasteiger partial charge in [0, 0.05) is 11.4 Å². The van der Waals surface area contributed by atoms with Crippen molar-refractivity contribution in [2.75, 3.05) is 0 Å². The summed E-state index contributed by atoms with van der Waals surface area (Å²) in [5.74, 6) is 1.77. The second-order valence-corrected chi connectivity index (χ2v) is 4.29. The van der Waals surface area contributed by atoms with Gasteiger partial charge in [-0.3, -0.25) is 0 Å². The lowest BCUT2D eigenvalue weighted by Crippen LogP contribution is -1.83. The van der Waals surface area contributed by atoms with Crippen LogP contribution in [0.2, 0.25) is 5.02 Å². The highest BCUT2D eigenvalue weighted by atomic mass is 35.5. The molecular weight excluding hydrogens is 236 g/mol. The number of fused-ring (bicyclic) bond motifs is 1. The molecule has 4 heteroatoms. The van der Waals surface area contributed by atoms with Gasteiger partial charge >= 0.3 is 0 Å². The largest absolute Gasteiger partial charge is 0.469 e. The third-order valence-electron chi connectivity index (χ3n) is 2.77. The number of hydrogen-bond donors (Lipinski definition) is 1. The van der Waals surface area contributed by atoms with Gasteiger partial charge in [0.2, 0.25) is 0 Å². The van der Waals surface area contributed by atoms with Crippen LogP contribution in [0.15, 0.2) is 34.9 Å². The smallest absolute Gasteiger partial charge is 0.142 e. The predicted molar refractivity (Wildman–Crippen MR) is 68.2 cm³/mol. The molecule has 0 fully saturated rings. The Labute approximate surface area is 103 Å². The summed E-state index contributed by atoms with van der Waals surface area (Å²) in [6, 6.07) is 7.55. The summed E-state index contributed by atoms with van der Waals surface area (Å²) in [7, 11) is 0. The van der Waals surface area contributed by atoms with Gasteiger partial charge in [-0.15, -0.1) is 0 Å². The number of rotatable bonds is 2. The number of halogens is 1. The summed E-state index contributed by atoms with van der Waals surface area (Å²) in [4.78, 5) is 7.79. The van der Waals surface area contributed by atoms with Crippen molar-refractivity contribution < 1.29 is 4.42 Å². The lowest BCUT2D eigenvalue weighted by atomic mass is 10.2. The number of benzene rings is 1. The minimum absolute atomic E-state index is 0.704. The summed E-state index contributed by atoms with van der Waals surface area (Å²) in [6.07, 6.45) is 2.54. The van der Waals surface area contributed by atoms with E-state index < -0.39 is 0 Å². The number of aromatic amines is 1. The predicted octanol–water partition coefficient (Wildman–Crippen LogP) is 4.04. The maximum Gasteiger partial charge on any atom is 0.142 e. The summed E-state index contributed by atoms with van der Waals surface area (Å²) >= 11 is 5.95. The third-order valence-corrected chi connectivity index (χ3v) is 3.00. The van der Waals surface area contributed by atoms with E-state index in [0.717, 1.165) is 34.6 Å². The van der Waals surface area contributed by atoms with Gasteiger partial charge in [-0.1, -0.05) is 18.5 Å². The topological polar surface area (TPSA) is 41.8 Å². The van der Waals surface area contributed by atoms with Crippen LogP contribution >= 0.6 is 11.6 Å². The molecule has 0 saturated heterocycles. The van der Waals surface area contributed by atoms with Gasteiger partial charge in [0.1, 0.15) is 11.6 Å². The van der Waals surface area contributed by atoms with Crippen LogP contribution < -0.4 is 0 Å². The highest BCUT2D eigenvalue weighted by molar-refractivity contribution is 6.31. The molecule has 17 heavy (non-hydrogen) atoms. The first-order chi connectivity index (χ1) is 8.28. The molecule has 3 nitrogen and oxygen atoms in total. The van der Waals surface area contributed by atoms with Gasteiger partial charge in [0.05, 0.1) is 22.9 Å². The molecule has 0 atom stereocenters. The minimum atomic E-state index is 0.704. The Morgan fingerprint density at radius 2 is 2.24 bits per heavy atom. The SMILES string of the molecule is CCc1occc1-c1nc2ccc(Cl)cc2[nH]1. The number of imidazole rings is 1. The first-order valence-electron chi connectivity index (χ1n) is 5.50. The van der Waals surface area contributed by atoms with Gasteiger partial charge < -0.3 is 9.40 Å². The molecule has 0 bridgehead atoms. The molecule has 0 radical (unpaired) electrons. The van der Waals surface area contributed by atoms with Crippen LogP contribution in [-0.2, 0) is 6.42 Å². The van der Waals surface area contributed by atoms with Gasteiger partial charge in [0.25, 0.3) is 0 Å². The van der Waals surface area contributed by atoms with Gasteiger partial charge in [0.15, 0.2) is 0 Å². The Bertz CT molecular complexity index is 669. The molecule has 0 amide bonds. The fourth-order valence-corrected chi connectivity index (χ4v) is 2.11. The third kappa shape index (κ3) is 1.72. The molecule has 2 heterocycles. The molecule has 0 spiro atoms. The van der Waals surface area contributed by atoms with Gasteiger partial charge in [-0.05, 0) is 24.3 Å². The molecule has 86 valence electrons. The number of nitrogens with zero attached hydrogens (tertiary/aromatic N) is 1. The summed E-state index contributed by atoms with van der Waals surface area (Å²) in [5, 5.41) is 0.704. The zero-order chi connectivity index (χ0) is 11.8. The van der Waals surface area contributed by atoms with Crippen molar-refractivity contribution in [3.8, 4) is 11.4 Å². The monoisotopic (exact) mass is 246 g/mol. The van der Waals surface area contributed by atoms with E-state index in [1.54, 1.807) is 6.26 Å². The van der Waals surface area contributed by atoms with Crippen molar-refractivity contribution >= 4 is 22.6 Å². The highest BCUT2D eigenvalue weighted by Gasteiger charge is 2.11. The first kappa shape index (κ1) is 10.4. The Morgan fingerprint density at radius 3 is 3.06 bits per heavy atom. The van der Waals surface area contributed by atoms with Crippen LogP contribution in [0.4, 0.5) is 0 Å². The minimum Gasteiger partial charge on any atom is -0.469 e. The lowest BCUT2D eigenvalue weighted by molar-refractivity contribution is 0.517. The van der Waals surface area contributed by atoms with Crippen molar-refractivity contribution in [2.24, 2.45) is 0 Å². The molecular formula is C13H11ClN2O. The van der Waals surface area contributed by atoms with Crippen molar-refractivity contribution in [3.63, 3.8) is 0 Å². The Morgan fingerprint density at radius 1 is 1.35 bits per heavy atom.